The summed E-state index contributed by atoms with van der Waals surface area (Å²) in [5.41, 5.74) is 2.13. The summed E-state index contributed by atoms with van der Waals surface area (Å²) in [5.74, 6) is 0. The van der Waals surface area contributed by atoms with Crippen molar-refractivity contribution in [1.82, 2.24) is 0 Å². The summed E-state index contributed by atoms with van der Waals surface area (Å²) < 4.78 is 11.0. The van der Waals surface area contributed by atoms with Gasteiger partial charge in [-0.3, -0.25) is 0 Å². The van der Waals surface area contributed by atoms with Gasteiger partial charge in [0.2, 0.25) is 0 Å². The van der Waals surface area contributed by atoms with Crippen molar-refractivity contribution in [1.29, 1.82) is 0 Å². The van der Waals surface area contributed by atoms with Crippen LogP contribution < -0.4 is 11.0 Å². The van der Waals surface area contributed by atoms with Crippen LogP contribution in [-0.4, -0.2) is 6.16 Å². The highest BCUT2D eigenvalue weighted by Gasteiger charge is 2.18. The Balaban J connectivity index is 2.17. The smallest absolute Gasteiger partial charge is 0.133 e. The van der Waals surface area contributed by atoms with Gasteiger partial charge < -0.3 is 8.83 Å². The summed E-state index contributed by atoms with van der Waals surface area (Å²) in [4.78, 5) is 0. The van der Waals surface area contributed by atoms with Crippen molar-refractivity contribution in [2.24, 2.45) is 0 Å². The molecular weight excluding hydrogens is 207 g/mol. The fraction of sp³-hybridized carbons (Fsp3) is 0.333. The molecule has 0 bridgehead atoms. The first-order valence-corrected chi connectivity index (χ1v) is 6.79. The van der Waals surface area contributed by atoms with Crippen LogP contribution in [0.4, 0.5) is 0 Å². The van der Waals surface area contributed by atoms with Crippen molar-refractivity contribution in [3.05, 3.63) is 36.8 Å². The minimum absolute atomic E-state index is 0.416. The van der Waals surface area contributed by atoms with Crippen LogP contribution in [0, 0.1) is 0 Å². The van der Waals surface area contributed by atoms with Crippen molar-refractivity contribution in [3.8, 4) is 0 Å². The van der Waals surface area contributed by atoms with Gasteiger partial charge in [0.25, 0.3) is 0 Å². The summed E-state index contributed by atoms with van der Waals surface area (Å²) >= 11 is 0. The van der Waals surface area contributed by atoms with E-state index < -0.39 is 7.92 Å². The Kier molecular flexibility index (Phi) is 3.63. The van der Waals surface area contributed by atoms with Gasteiger partial charge in [-0.25, -0.2) is 0 Å². The predicted molar refractivity (Wildman–Crippen MR) is 63.4 cm³/mol. The van der Waals surface area contributed by atoms with Crippen molar-refractivity contribution >= 4 is 18.9 Å². The molecule has 0 atom stereocenters. The van der Waals surface area contributed by atoms with Crippen molar-refractivity contribution in [2.75, 3.05) is 6.16 Å². The monoisotopic (exact) mass is 222 g/mol. The third kappa shape index (κ3) is 2.51. The van der Waals surface area contributed by atoms with E-state index in [1.165, 1.54) is 12.8 Å². The molecule has 2 nitrogen and oxygen atoms in total. The van der Waals surface area contributed by atoms with Gasteiger partial charge in [0.1, 0.15) is 11.0 Å². The molecule has 0 radical (unpaired) electrons. The van der Waals surface area contributed by atoms with Crippen LogP contribution in [0.3, 0.4) is 0 Å². The molecule has 0 aliphatic heterocycles. The van der Waals surface area contributed by atoms with Gasteiger partial charge in [-0.15, -0.1) is 0 Å². The molecule has 0 saturated carbocycles. The lowest BCUT2D eigenvalue weighted by atomic mass is 10.4. The third-order valence-electron chi connectivity index (χ3n) is 2.28. The van der Waals surface area contributed by atoms with E-state index in [1.807, 2.05) is 24.3 Å². The zero-order valence-electron chi connectivity index (χ0n) is 8.85. The second kappa shape index (κ2) is 5.18. The van der Waals surface area contributed by atoms with E-state index in [-0.39, 0.29) is 0 Å². The van der Waals surface area contributed by atoms with Gasteiger partial charge in [0.05, 0.1) is 12.5 Å². The van der Waals surface area contributed by atoms with Crippen molar-refractivity contribution < 1.29 is 8.83 Å². The Morgan fingerprint density at radius 3 is 2.07 bits per heavy atom. The molecule has 80 valence electrons. The number of rotatable bonds is 5. The van der Waals surface area contributed by atoms with E-state index in [1.54, 1.807) is 12.5 Å². The zero-order chi connectivity index (χ0) is 10.5. The van der Waals surface area contributed by atoms with Gasteiger partial charge in [-0.05, 0) is 36.8 Å². The summed E-state index contributed by atoms with van der Waals surface area (Å²) in [6, 6.07) is 7.98. The van der Waals surface area contributed by atoms with E-state index in [0.29, 0.717) is 0 Å². The van der Waals surface area contributed by atoms with Crippen LogP contribution in [0.2, 0.25) is 0 Å². The standard InChI is InChI=1S/C12H15O2P/c1-2-3-10-15(11-6-4-8-13-11)12-7-5-9-14-12/h4-9H,2-3,10H2,1H3. The molecule has 0 aromatic carbocycles. The van der Waals surface area contributed by atoms with Crippen LogP contribution >= 0.6 is 7.92 Å². The molecule has 0 spiro atoms. The van der Waals surface area contributed by atoms with Gasteiger partial charge in [0, 0.05) is 7.92 Å². The first-order chi connectivity index (χ1) is 7.42. The van der Waals surface area contributed by atoms with Crippen molar-refractivity contribution in [2.45, 2.75) is 19.8 Å². The molecule has 0 aliphatic carbocycles. The topological polar surface area (TPSA) is 26.3 Å². The highest BCUT2D eigenvalue weighted by atomic mass is 31.1. The molecule has 0 saturated heterocycles. The number of hydrogen-bond acceptors (Lipinski definition) is 2. The molecular formula is C12H15O2P. The number of furan rings is 2. The average molecular weight is 222 g/mol. The largest absolute Gasteiger partial charge is 0.464 e. The SMILES string of the molecule is CCCCP(c1ccco1)c1ccco1. The van der Waals surface area contributed by atoms with E-state index >= 15 is 0 Å². The molecule has 0 amide bonds. The Labute approximate surface area is 91.0 Å². The Hall–Kier alpha value is -1.01. The fourth-order valence-corrected chi connectivity index (χ4v) is 3.69. The minimum atomic E-state index is -0.416. The average Bonchev–Trinajstić information content (AvgIpc) is 2.90. The molecule has 2 rings (SSSR count). The second-order valence-electron chi connectivity index (χ2n) is 3.41. The van der Waals surface area contributed by atoms with Crippen LogP contribution in [0.1, 0.15) is 19.8 Å². The maximum Gasteiger partial charge on any atom is 0.133 e. The highest BCUT2D eigenvalue weighted by molar-refractivity contribution is 7.72. The lowest BCUT2D eigenvalue weighted by Crippen LogP contribution is -2.10. The molecule has 15 heavy (non-hydrogen) atoms. The normalized spacial score (nSPS) is 11.1. The summed E-state index contributed by atoms with van der Waals surface area (Å²) in [7, 11) is -0.416. The molecule has 0 unspecified atom stereocenters. The maximum atomic E-state index is 5.49. The molecule has 0 aliphatic rings. The fourth-order valence-electron chi connectivity index (χ4n) is 1.49. The first kappa shape index (κ1) is 10.5. The summed E-state index contributed by atoms with van der Waals surface area (Å²) in [6.45, 7) is 2.21. The molecule has 0 N–H and O–H groups in total. The molecule has 3 heteroatoms. The Morgan fingerprint density at radius 1 is 1.07 bits per heavy atom. The molecule has 2 aromatic rings. The summed E-state index contributed by atoms with van der Waals surface area (Å²) in [5, 5.41) is 0. The third-order valence-corrected chi connectivity index (χ3v) is 4.62. The second-order valence-corrected chi connectivity index (χ2v) is 5.59. The predicted octanol–water partition coefficient (Wildman–Crippen LogP) is 3.11. The van der Waals surface area contributed by atoms with E-state index in [2.05, 4.69) is 6.92 Å². The lowest BCUT2D eigenvalue weighted by Gasteiger charge is -2.11. The quantitative estimate of drug-likeness (QED) is 0.726. The lowest BCUT2D eigenvalue weighted by molar-refractivity contribution is 0.592. The van der Waals surface area contributed by atoms with E-state index in [4.69, 9.17) is 8.83 Å². The highest BCUT2D eigenvalue weighted by Crippen LogP contribution is 2.34. The Bertz CT molecular complexity index is 330. The number of hydrogen-bond donors (Lipinski definition) is 0. The van der Waals surface area contributed by atoms with Gasteiger partial charge >= 0.3 is 0 Å². The number of unbranched alkanes of at least 4 members (excludes halogenated alkanes) is 1. The van der Waals surface area contributed by atoms with Crippen LogP contribution in [0.25, 0.3) is 0 Å². The van der Waals surface area contributed by atoms with E-state index in [0.717, 1.165) is 17.2 Å². The minimum Gasteiger partial charge on any atom is -0.464 e. The van der Waals surface area contributed by atoms with Gasteiger partial charge in [0.15, 0.2) is 0 Å². The van der Waals surface area contributed by atoms with Crippen LogP contribution in [0.15, 0.2) is 45.6 Å². The Morgan fingerprint density at radius 2 is 1.67 bits per heavy atom. The molecule has 2 heterocycles. The van der Waals surface area contributed by atoms with E-state index in [9.17, 15) is 0 Å². The first-order valence-electron chi connectivity index (χ1n) is 5.26. The van der Waals surface area contributed by atoms with Gasteiger partial charge in [-0.2, -0.15) is 0 Å². The van der Waals surface area contributed by atoms with Crippen LogP contribution in [0.5, 0.6) is 0 Å². The van der Waals surface area contributed by atoms with Crippen molar-refractivity contribution in [3.63, 3.8) is 0 Å². The molecule has 0 fully saturated rings. The zero-order valence-corrected chi connectivity index (χ0v) is 9.74. The van der Waals surface area contributed by atoms with Crippen LogP contribution in [-0.2, 0) is 0 Å². The molecule has 2 aromatic heterocycles. The van der Waals surface area contributed by atoms with Gasteiger partial charge in [-0.1, -0.05) is 13.3 Å². The maximum absolute atomic E-state index is 5.49. The summed E-state index contributed by atoms with van der Waals surface area (Å²) in [6.07, 6.45) is 7.04.